The number of halogens is 1. The molecule has 0 radical (unpaired) electrons. The lowest BCUT2D eigenvalue weighted by Crippen LogP contribution is -2.43. The number of furan rings is 1. The fraction of sp³-hybridized carbons (Fsp3) is 0.583. The van der Waals surface area contributed by atoms with Gasteiger partial charge < -0.3 is 14.6 Å². The van der Waals surface area contributed by atoms with Gasteiger partial charge in [-0.3, -0.25) is 4.79 Å². The van der Waals surface area contributed by atoms with Gasteiger partial charge in [-0.25, -0.2) is 0 Å². The maximum absolute atomic E-state index is 11.2. The lowest BCUT2D eigenvalue weighted by atomic mass is 10.1. The van der Waals surface area contributed by atoms with Gasteiger partial charge in [0.2, 0.25) is 5.91 Å². The van der Waals surface area contributed by atoms with E-state index in [1.54, 1.807) is 6.92 Å². The van der Waals surface area contributed by atoms with Gasteiger partial charge in [0, 0.05) is 26.1 Å². The van der Waals surface area contributed by atoms with Crippen molar-refractivity contribution in [3.8, 4) is 0 Å². The lowest BCUT2D eigenvalue weighted by molar-refractivity contribution is -0.129. The van der Waals surface area contributed by atoms with E-state index in [-0.39, 0.29) is 5.91 Å². The molecule has 5 heteroatoms. The van der Waals surface area contributed by atoms with Crippen LogP contribution in [-0.4, -0.2) is 29.9 Å². The minimum atomic E-state index is 0.184. The minimum Gasteiger partial charge on any atom is -0.454 e. The average molecular weight is 348 g/mol. The molecule has 1 N–H and O–H groups in total. The first-order valence-corrected chi connectivity index (χ1v) is 6.96. The zero-order valence-corrected chi connectivity index (χ0v) is 12.1. The number of piperidine rings is 1. The van der Waals surface area contributed by atoms with Crippen molar-refractivity contribution in [2.24, 2.45) is 0 Å². The molecule has 0 bridgehead atoms. The first-order chi connectivity index (χ1) is 8.15. The fourth-order valence-electron chi connectivity index (χ4n) is 2.09. The largest absolute Gasteiger partial charge is 0.454 e. The Labute approximate surface area is 115 Å². The number of nitrogens with zero attached hydrogens (tertiary/aromatic N) is 1. The summed E-state index contributed by atoms with van der Waals surface area (Å²) in [6.45, 7) is 4.14. The van der Waals surface area contributed by atoms with Crippen LogP contribution in [0.5, 0.6) is 0 Å². The predicted octanol–water partition coefficient (Wildman–Crippen LogP) is 1.98. The minimum absolute atomic E-state index is 0.184. The maximum Gasteiger partial charge on any atom is 0.219 e. The van der Waals surface area contributed by atoms with Crippen LogP contribution in [-0.2, 0) is 11.3 Å². The molecule has 0 spiro atoms. The van der Waals surface area contributed by atoms with Crippen LogP contribution < -0.4 is 5.32 Å². The SMILES string of the molecule is CC(=O)N1CCC(NCc2ccc(I)o2)CC1. The number of hydrogen-bond donors (Lipinski definition) is 1. The molecule has 0 aliphatic carbocycles. The molecule has 1 aromatic rings. The van der Waals surface area contributed by atoms with Crippen molar-refractivity contribution in [2.45, 2.75) is 32.4 Å². The summed E-state index contributed by atoms with van der Waals surface area (Å²) in [7, 11) is 0. The second kappa shape index (κ2) is 5.86. The number of carbonyl (C=O) groups is 1. The van der Waals surface area contributed by atoms with E-state index in [4.69, 9.17) is 4.42 Å². The molecule has 1 aliphatic rings. The highest BCUT2D eigenvalue weighted by Crippen LogP contribution is 2.13. The van der Waals surface area contributed by atoms with Crippen molar-refractivity contribution in [2.75, 3.05) is 13.1 Å². The highest BCUT2D eigenvalue weighted by molar-refractivity contribution is 14.1. The van der Waals surface area contributed by atoms with E-state index in [2.05, 4.69) is 27.9 Å². The first-order valence-electron chi connectivity index (χ1n) is 5.88. The van der Waals surface area contributed by atoms with Gasteiger partial charge in [-0.2, -0.15) is 0 Å². The van der Waals surface area contributed by atoms with E-state index in [1.807, 2.05) is 17.0 Å². The standard InChI is InChI=1S/C12H17IN2O2/c1-9(16)15-6-4-10(5-7-15)14-8-11-2-3-12(13)17-11/h2-3,10,14H,4-8H2,1H3. The van der Waals surface area contributed by atoms with Gasteiger partial charge in [0.25, 0.3) is 0 Å². The molecular weight excluding hydrogens is 331 g/mol. The number of amides is 1. The topological polar surface area (TPSA) is 45.5 Å². The molecule has 94 valence electrons. The number of likely N-dealkylation sites (tertiary alicyclic amines) is 1. The highest BCUT2D eigenvalue weighted by Gasteiger charge is 2.20. The molecule has 2 heterocycles. The second-order valence-electron chi connectivity index (χ2n) is 4.37. The summed E-state index contributed by atoms with van der Waals surface area (Å²) in [6, 6.07) is 4.46. The van der Waals surface area contributed by atoms with Crippen LogP contribution in [0.3, 0.4) is 0 Å². The van der Waals surface area contributed by atoms with Crippen molar-refractivity contribution in [1.82, 2.24) is 10.2 Å². The average Bonchev–Trinajstić information content (AvgIpc) is 2.73. The molecule has 1 amide bonds. The van der Waals surface area contributed by atoms with Gasteiger partial charge >= 0.3 is 0 Å². The summed E-state index contributed by atoms with van der Waals surface area (Å²) in [5, 5.41) is 3.48. The van der Waals surface area contributed by atoms with E-state index >= 15 is 0 Å². The summed E-state index contributed by atoms with van der Waals surface area (Å²) in [5.74, 6) is 1.16. The van der Waals surface area contributed by atoms with E-state index < -0.39 is 0 Å². The molecule has 1 aliphatic heterocycles. The third kappa shape index (κ3) is 3.70. The van der Waals surface area contributed by atoms with Crippen LogP contribution in [0.15, 0.2) is 16.5 Å². The van der Waals surface area contributed by atoms with E-state index in [9.17, 15) is 4.79 Å². The smallest absolute Gasteiger partial charge is 0.219 e. The molecule has 0 saturated carbocycles. The van der Waals surface area contributed by atoms with Crippen LogP contribution in [0, 0.1) is 3.77 Å². The zero-order chi connectivity index (χ0) is 12.3. The molecule has 17 heavy (non-hydrogen) atoms. The summed E-state index contributed by atoms with van der Waals surface area (Å²) in [6.07, 6.45) is 2.05. The van der Waals surface area contributed by atoms with Crippen molar-refractivity contribution in [3.05, 3.63) is 21.7 Å². The van der Waals surface area contributed by atoms with Crippen LogP contribution in [0.4, 0.5) is 0 Å². The Morgan fingerprint density at radius 3 is 2.76 bits per heavy atom. The Bertz CT molecular complexity index is 384. The highest BCUT2D eigenvalue weighted by atomic mass is 127. The van der Waals surface area contributed by atoms with Gasteiger partial charge in [-0.15, -0.1) is 0 Å². The number of carbonyl (C=O) groups excluding carboxylic acids is 1. The van der Waals surface area contributed by atoms with Crippen molar-refractivity contribution in [3.63, 3.8) is 0 Å². The van der Waals surface area contributed by atoms with Crippen LogP contribution in [0.1, 0.15) is 25.5 Å². The number of nitrogens with one attached hydrogen (secondary N) is 1. The first kappa shape index (κ1) is 12.9. The summed E-state index contributed by atoms with van der Waals surface area (Å²) >= 11 is 2.17. The second-order valence-corrected chi connectivity index (χ2v) is 5.43. The molecule has 1 saturated heterocycles. The molecule has 0 unspecified atom stereocenters. The number of rotatable bonds is 3. The molecule has 2 rings (SSSR count). The number of hydrogen-bond acceptors (Lipinski definition) is 3. The predicted molar refractivity (Wildman–Crippen MR) is 73.5 cm³/mol. The molecule has 0 atom stereocenters. The summed E-state index contributed by atoms with van der Waals surface area (Å²) < 4.78 is 6.42. The maximum atomic E-state index is 11.2. The van der Waals surface area contributed by atoms with Crippen LogP contribution in [0.25, 0.3) is 0 Å². The third-order valence-corrected chi connectivity index (χ3v) is 3.71. The Morgan fingerprint density at radius 1 is 1.53 bits per heavy atom. The van der Waals surface area contributed by atoms with E-state index in [0.717, 1.165) is 42.0 Å². The normalized spacial score (nSPS) is 17.4. The Kier molecular flexibility index (Phi) is 4.44. The quantitative estimate of drug-likeness (QED) is 0.850. The monoisotopic (exact) mass is 348 g/mol. The van der Waals surface area contributed by atoms with Gasteiger partial charge in [0.05, 0.1) is 6.54 Å². The van der Waals surface area contributed by atoms with Crippen molar-refractivity contribution >= 4 is 28.5 Å². The van der Waals surface area contributed by atoms with Crippen LogP contribution >= 0.6 is 22.6 Å². The van der Waals surface area contributed by atoms with E-state index in [1.165, 1.54) is 0 Å². The molecule has 0 aromatic carbocycles. The van der Waals surface area contributed by atoms with Gasteiger partial charge in [-0.05, 0) is 47.6 Å². The van der Waals surface area contributed by atoms with Crippen molar-refractivity contribution in [1.29, 1.82) is 0 Å². The Hall–Kier alpha value is -0.560. The molecule has 1 aromatic heterocycles. The Balaban J connectivity index is 1.73. The zero-order valence-electron chi connectivity index (χ0n) is 9.91. The van der Waals surface area contributed by atoms with Crippen LogP contribution in [0.2, 0.25) is 0 Å². The van der Waals surface area contributed by atoms with Gasteiger partial charge in [-0.1, -0.05) is 0 Å². The van der Waals surface area contributed by atoms with E-state index in [0.29, 0.717) is 6.04 Å². The third-order valence-electron chi connectivity index (χ3n) is 3.13. The molecule has 4 nitrogen and oxygen atoms in total. The van der Waals surface area contributed by atoms with Crippen molar-refractivity contribution < 1.29 is 9.21 Å². The molecule has 1 fully saturated rings. The lowest BCUT2D eigenvalue weighted by Gasteiger charge is -2.31. The summed E-state index contributed by atoms with van der Waals surface area (Å²) in [5.41, 5.74) is 0. The molecular formula is C12H17IN2O2. The van der Waals surface area contributed by atoms with Gasteiger partial charge in [0.15, 0.2) is 3.77 Å². The summed E-state index contributed by atoms with van der Waals surface area (Å²) in [4.78, 5) is 13.1. The Morgan fingerprint density at radius 2 is 2.24 bits per heavy atom. The van der Waals surface area contributed by atoms with Gasteiger partial charge in [0.1, 0.15) is 5.76 Å². The fourth-order valence-corrected chi connectivity index (χ4v) is 2.55.